The topological polar surface area (TPSA) is 120 Å². The number of aromatic nitrogens is 5. The molecule has 8 nitrogen and oxygen atoms in total. The molecule has 0 aliphatic carbocycles. The number of fused-ring (bicyclic) bond motifs is 1. The third kappa shape index (κ3) is 3.87. The van der Waals surface area contributed by atoms with Crippen LogP contribution < -0.4 is 5.73 Å². The van der Waals surface area contributed by atoms with E-state index < -0.39 is 23.7 Å². The van der Waals surface area contributed by atoms with Crippen molar-refractivity contribution in [2.24, 2.45) is 12.8 Å². The molecule has 0 atom stereocenters. The molecule has 1 aromatic carbocycles. The fourth-order valence-corrected chi connectivity index (χ4v) is 3.17. The van der Waals surface area contributed by atoms with Crippen LogP contribution in [0.15, 0.2) is 48.9 Å². The lowest BCUT2D eigenvalue weighted by atomic mass is 10.0. The summed E-state index contributed by atoms with van der Waals surface area (Å²) in [4.78, 5) is 38.7. The van der Waals surface area contributed by atoms with Crippen molar-refractivity contribution in [3.05, 3.63) is 71.6 Å². The molecule has 11 heteroatoms. The molecule has 0 spiro atoms. The molecule has 0 saturated heterocycles. The highest BCUT2D eigenvalue weighted by molar-refractivity contribution is 6.08. The third-order valence-electron chi connectivity index (χ3n) is 4.75. The summed E-state index contributed by atoms with van der Waals surface area (Å²) in [5.41, 5.74) is 7.96. The molecule has 162 valence electrons. The summed E-state index contributed by atoms with van der Waals surface area (Å²) < 4.78 is 39.5. The quantitative estimate of drug-likeness (QED) is 0.365. The predicted octanol–water partition coefficient (Wildman–Crippen LogP) is 3.11. The molecule has 0 aliphatic rings. The summed E-state index contributed by atoms with van der Waals surface area (Å²) in [6.07, 6.45) is 2.15. The van der Waals surface area contributed by atoms with Crippen LogP contribution in [0.25, 0.3) is 28.5 Å². The van der Waals surface area contributed by atoms with Crippen LogP contribution in [0.4, 0.5) is 13.2 Å². The lowest BCUT2D eigenvalue weighted by molar-refractivity contribution is -0.146. The molecular formula is C21H15F3N6O2. The molecule has 0 saturated carbocycles. The fraction of sp³-hybridized carbons (Fsp3) is 0.0952. The SMILES string of the molecule is Cn1c(C(=O)c2ccc(-c3cnc4[nH]cc(C=CC(N)=O)c4n3)cc2)cnc1C(F)(F)F. The molecular weight excluding hydrogens is 425 g/mol. The Labute approximate surface area is 178 Å². The first-order valence-electron chi connectivity index (χ1n) is 9.21. The molecule has 0 radical (unpaired) electrons. The number of carbonyl (C=O) groups is 2. The largest absolute Gasteiger partial charge is 0.449 e. The summed E-state index contributed by atoms with van der Waals surface area (Å²) >= 11 is 0. The summed E-state index contributed by atoms with van der Waals surface area (Å²) in [5, 5.41) is 0. The number of nitrogens with two attached hydrogens (primary N) is 1. The van der Waals surface area contributed by atoms with Crippen molar-refractivity contribution in [3.8, 4) is 11.3 Å². The standard InChI is InChI=1S/C21H15F3N6O2/c1-30-15(10-28-20(30)21(22,23)24)18(32)12-4-2-11(3-5-12)14-9-27-19-17(29-14)13(8-26-19)6-7-16(25)31/h2-10H,1H3,(H2,25,31)(H,26,27). The van der Waals surface area contributed by atoms with Crippen molar-refractivity contribution in [1.29, 1.82) is 0 Å². The second-order valence-electron chi connectivity index (χ2n) is 6.86. The number of benzene rings is 1. The molecule has 4 rings (SSSR count). The van der Waals surface area contributed by atoms with Crippen LogP contribution in [-0.2, 0) is 18.0 Å². The Morgan fingerprint density at radius 3 is 2.47 bits per heavy atom. The van der Waals surface area contributed by atoms with Gasteiger partial charge in [0.25, 0.3) is 0 Å². The van der Waals surface area contributed by atoms with Crippen LogP contribution in [0.2, 0.25) is 0 Å². The number of alkyl halides is 3. The average Bonchev–Trinajstić information content (AvgIpc) is 3.34. The van der Waals surface area contributed by atoms with Crippen molar-refractivity contribution in [2.45, 2.75) is 6.18 Å². The van der Waals surface area contributed by atoms with Gasteiger partial charge < -0.3 is 15.3 Å². The third-order valence-corrected chi connectivity index (χ3v) is 4.75. The van der Waals surface area contributed by atoms with E-state index in [1.165, 1.54) is 30.5 Å². The monoisotopic (exact) mass is 440 g/mol. The van der Waals surface area contributed by atoms with Crippen molar-refractivity contribution >= 4 is 28.9 Å². The highest BCUT2D eigenvalue weighted by Gasteiger charge is 2.37. The number of halogens is 3. The summed E-state index contributed by atoms with van der Waals surface area (Å²) in [7, 11) is 1.14. The Morgan fingerprint density at radius 2 is 1.84 bits per heavy atom. The first-order valence-corrected chi connectivity index (χ1v) is 9.21. The highest BCUT2D eigenvalue weighted by atomic mass is 19.4. The minimum Gasteiger partial charge on any atom is -0.366 e. The van der Waals surface area contributed by atoms with Gasteiger partial charge in [0, 0.05) is 36.0 Å². The number of carbonyl (C=O) groups excluding carboxylic acids is 2. The molecule has 0 unspecified atom stereocenters. The first-order chi connectivity index (χ1) is 15.1. The molecule has 3 aromatic heterocycles. The minimum absolute atomic E-state index is 0.176. The summed E-state index contributed by atoms with van der Waals surface area (Å²) in [5.74, 6) is -2.33. The van der Waals surface area contributed by atoms with Crippen molar-refractivity contribution in [2.75, 3.05) is 0 Å². The number of imidazole rings is 1. The Kier molecular flexibility index (Phi) is 5.09. The van der Waals surface area contributed by atoms with Gasteiger partial charge in [-0.15, -0.1) is 0 Å². The Hall–Kier alpha value is -4.28. The molecule has 1 amide bonds. The molecule has 0 aliphatic heterocycles. The van der Waals surface area contributed by atoms with Gasteiger partial charge in [-0.25, -0.2) is 15.0 Å². The van der Waals surface area contributed by atoms with Gasteiger partial charge in [-0.3, -0.25) is 9.59 Å². The molecule has 3 N–H and O–H groups in total. The Balaban J connectivity index is 1.63. The predicted molar refractivity (Wildman–Crippen MR) is 109 cm³/mol. The number of primary amides is 1. The zero-order valence-corrected chi connectivity index (χ0v) is 16.5. The Bertz CT molecular complexity index is 1370. The van der Waals surface area contributed by atoms with E-state index in [1.807, 2.05) is 0 Å². The van der Waals surface area contributed by atoms with E-state index in [4.69, 9.17) is 5.73 Å². The normalized spacial score (nSPS) is 12.0. The van der Waals surface area contributed by atoms with E-state index in [9.17, 15) is 22.8 Å². The molecule has 4 aromatic rings. The number of amides is 1. The van der Waals surface area contributed by atoms with E-state index in [0.29, 0.717) is 28.0 Å². The van der Waals surface area contributed by atoms with E-state index >= 15 is 0 Å². The number of rotatable bonds is 5. The van der Waals surface area contributed by atoms with Gasteiger partial charge in [0.15, 0.2) is 5.65 Å². The Morgan fingerprint density at radius 1 is 1.12 bits per heavy atom. The minimum atomic E-state index is -4.65. The second-order valence-corrected chi connectivity index (χ2v) is 6.86. The van der Waals surface area contributed by atoms with Crippen molar-refractivity contribution in [1.82, 2.24) is 24.5 Å². The second kappa shape index (κ2) is 7.76. The number of nitrogens with zero attached hydrogens (tertiary/aromatic N) is 4. The molecule has 32 heavy (non-hydrogen) atoms. The van der Waals surface area contributed by atoms with Gasteiger partial charge >= 0.3 is 6.18 Å². The number of hydrogen-bond donors (Lipinski definition) is 2. The van der Waals surface area contributed by atoms with Crippen LogP contribution in [0.3, 0.4) is 0 Å². The van der Waals surface area contributed by atoms with Crippen LogP contribution in [0.1, 0.15) is 27.4 Å². The van der Waals surface area contributed by atoms with E-state index in [-0.39, 0.29) is 11.3 Å². The maximum atomic E-state index is 12.9. The zero-order chi connectivity index (χ0) is 23.0. The molecule has 3 heterocycles. The smallest absolute Gasteiger partial charge is 0.366 e. The van der Waals surface area contributed by atoms with Crippen LogP contribution in [0, 0.1) is 0 Å². The van der Waals surface area contributed by atoms with Gasteiger partial charge in [0.05, 0.1) is 18.1 Å². The van der Waals surface area contributed by atoms with Crippen molar-refractivity contribution in [3.63, 3.8) is 0 Å². The van der Waals surface area contributed by atoms with Gasteiger partial charge in [-0.05, 0) is 6.08 Å². The van der Waals surface area contributed by atoms with Crippen LogP contribution in [-0.4, -0.2) is 36.2 Å². The summed E-state index contributed by atoms with van der Waals surface area (Å²) in [6, 6.07) is 6.23. The molecule has 0 bridgehead atoms. The fourth-order valence-electron chi connectivity index (χ4n) is 3.17. The van der Waals surface area contributed by atoms with Gasteiger partial charge in [-0.1, -0.05) is 24.3 Å². The van der Waals surface area contributed by atoms with Gasteiger partial charge in [0.1, 0.15) is 11.2 Å². The van der Waals surface area contributed by atoms with E-state index in [0.717, 1.165) is 17.8 Å². The number of H-pyrrole nitrogens is 1. The van der Waals surface area contributed by atoms with Crippen molar-refractivity contribution < 1.29 is 22.8 Å². The van der Waals surface area contributed by atoms with Crippen LogP contribution >= 0.6 is 0 Å². The van der Waals surface area contributed by atoms with E-state index in [2.05, 4.69) is 19.9 Å². The lowest BCUT2D eigenvalue weighted by Crippen LogP contribution is -2.16. The maximum absolute atomic E-state index is 12.9. The highest BCUT2D eigenvalue weighted by Crippen LogP contribution is 2.29. The van der Waals surface area contributed by atoms with Gasteiger partial charge in [-0.2, -0.15) is 13.2 Å². The summed E-state index contributed by atoms with van der Waals surface area (Å²) in [6.45, 7) is 0. The number of nitrogens with one attached hydrogen (secondary N) is 1. The van der Waals surface area contributed by atoms with E-state index in [1.54, 1.807) is 18.3 Å². The number of aromatic amines is 1. The van der Waals surface area contributed by atoms with Gasteiger partial charge in [0.2, 0.25) is 17.5 Å². The van der Waals surface area contributed by atoms with Crippen LogP contribution in [0.5, 0.6) is 0 Å². The zero-order valence-electron chi connectivity index (χ0n) is 16.5. The number of hydrogen-bond acceptors (Lipinski definition) is 5. The maximum Gasteiger partial charge on any atom is 0.449 e. The average molecular weight is 440 g/mol. The number of ketones is 1. The first kappa shape index (κ1) is 21.0. The lowest BCUT2D eigenvalue weighted by Gasteiger charge is -2.08. The molecule has 0 fully saturated rings.